The summed E-state index contributed by atoms with van der Waals surface area (Å²) in [6.07, 6.45) is 3.15. The van der Waals surface area contributed by atoms with E-state index in [1.807, 2.05) is 18.8 Å². The number of nitrogens with zero attached hydrogens (tertiary/aromatic N) is 1. The molecule has 0 amide bonds. The maximum atomic E-state index is 13.4. The number of benzene rings is 1. The number of halogens is 1. The second-order valence-electron chi connectivity index (χ2n) is 4.81. The molecule has 0 saturated carbocycles. The third-order valence-corrected chi connectivity index (χ3v) is 3.85. The van der Waals surface area contributed by atoms with Crippen molar-refractivity contribution >= 4 is 24.3 Å². The maximum absolute atomic E-state index is 13.4. The average Bonchev–Trinajstić information content (AvgIpc) is 2.34. The summed E-state index contributed by atoms with van der Waals surface area (Å²) in [5.41, 5.74) is 0.946. The van der Waals surface area contributed by atoms with Crippen LogP contribution < -0.4 is 5.46 Å². The minimum atomic E-state index is -1.63. The molecule has 1 unspecified atom stereocenters. The summed E-state index contributed by atoms with van der Waals surface area (Å²) in [5.74, 6) is 0.653. The molecule has 0 aliphatic carbocycles. The molecule has 2 N–H and O–H groups in total. The topological polar surface area (TPSA) is 43.7 Å². The van der Waals surface area contributed by atoms with Gasteiger partial charge < -0.3 is 10.0 Å². The molecule has 0 saturated heterocycles. The van der Waals surface area contributed by atoms with E-state index in [2.05, 4.69) is 18.1 Å². The molecule has 106 valence electrons. The fourth-order valence-corrected chi connectivity index (χ4v) is 2.45. The normalized spacial score (nSPS) is 12.8. The molecule has 0 spiro atoms. The summed E-state index contributed by atoms with van der Waals surface area (Å²) < 4.78 is 13.4. The fraction of sp³-hybridized carbons (Fsp3) is 0.538. The second-order valence-corrected chi connectivity index (χ2v) is 5.80. The highest BCUT2D eigenvalue weighted by molar-refractivity contribution is 7.98. The Hall–Kier alpha value is -0.555. The summed E-state index contributed by atoms with van der Waals surface area (Å²) in [7, 11) is 0.360. The Morgan fingerprint density at radius 3 is 2.63 bits per heavy atom. The van der Waals surface area contributed by atoms with Gasteiger partial charge in [-0.1, -0.05) is 6.07 Å². The summed E-state index contributed by atoms with van der Waals surface area (Å²) in [6.45, 7) is 2.73. The molecule has 0 bridgehead atoms. The summed E-state index contributed by atoms with van der Waals surface area (Å²) in [5, 5.41) is 18.2. The molecule has 0 heterocycles. The van der Waals surface area contributed by atoms with Gasteiger partial charge in [-0.15, -0.1) is 0 Å². The molecule has 0 fully saturated rings. The molecular weight excluding hydrogens is 264 g/mol. The van der Waals surface area contributed by atoms with Crippen LogP contribution in [0.15, 0.2) is 18.2 Å². The van der Waals surface area contributed by atoms with Gasteiger partial charge in [0.2, 0.25) is 0 Å². The van der Waals surface area contributed by atoms with Crippen LogP contribution in [0.3, 0.4) is 0 Å². The number of hydrogen-bond acceptors (Lipinski definition) is 4. The van der Waals surface area contributed by atoms with Gasteiger partial charge in [0.15, 0.2) is 0 Å². The van der Waals surface area contributed by atoms with Crippen LogP contribution in [-0.2, 0) is 6.54 Å². The van der Waals surface area contributed by atoms with E-state index >= 15 is 0 Å². The van der Waals surface area contributed by atoms with Gasteiger partial charge in [0.25, 0.3) is 0 Å². The molecule has 3 nitrogen and oxygen atoms in total. The lowest BCUT2D eigenvalue weighted by Gasteiger charge is -2.24. The van der Waals surface area contributed by atoms with Crippen molar-refractivity contribution < 1.29 is 14.4 Å². The minimum absolute atomic E-state index is 0.195. The van der Waals surface area contributed by atoms with Crippen LogP contribution in [0, 0.1) is 5.82 Å². The molecule has 1 rings (SSSR count). The highest BCUT2D eigenvalue weighted by atomic mass is 32.2. The molecule has 0 aliphatic rings. The first-order chi connectivity index (χ1) is 8.93. The Morgan fingerprint density at radius 2 is 2.05 bits per heavy atom. The second kappa shape index (κ2) is 7.90. The Labute approximate surface area is 119 Å². The highest BCUT2D eigenvalue weighted by Gasteiger charge is 2.15. The minimum Gasteiger partial charge on any atom is -0.423 e. The SMILES string of the molecule is CSCCC(C)N(C)Cc1cc(F)cc(B(O)O)c1. The Balaban J connectivity index is 2.70. The highest BCUT2D eigenvalue weighted by Crippen LogP contribution is 2.11. The van der Waals surface area contributed by atoms with Crippen molar-refractivity contribution in [2.24, 2.45) is 0 Å². The van der Waals surface area contributed by atoms with Crippen molar-refractivity contribution in [2.45, 2.75) is 25.9 Å². The molecule has 19 heavy (non-hydrogen) atoms. The van der Waals surface area contributed by atoms with Gasteiger partial charge in [-0.25, -0.2) is 4.39 Å². The van der Waals surface area contributed by atoms with Gasteiger partial charge >= 0.3 is 7.12 Å². The number of thioether (sulfide) groups is 1. The van der Waals surface area contributed by atoms with Crippen molar-refractivity contribution in [2.75, 3.05) is 19.1 Å². The van der Waals surface area contributed by atoms with E-state index < -0.39 is 12.9 Å². The average molecular weight is 285 g/mol. The molecule has 0 aromatic heterocycles. The van der Waals surface area contributed by atoms with E-state index in [0.717, 1.165) is 23.8 Å². The Morgan fingerprint density at radius 1 is 1.37 bits per heavy atom. The molecule has 6 heteroatoms. The lowest BCUT2D eigenvalue weighted by molar-refractivity contribution is 0.245. The summed E-state index contributed by atoms with van der Waals surface area (Å²) in [6, 6.07) is 4.61. The van der Waals surface area contributed by atoms with Crippen LogP contribution in [0.4, 0.5) is 4.39 Å². The smallest absolute Gasteiger partial charge is 0.423 e. The fourth-order valence-electron chi connectivity index (χ4n) is 1.87. The van der Waals surface area contributed by atoms with Crippen molar-refractivity contribution in [1.82, 2.24) is 4.90 Å². The Bertz CT molecular complexity index is 406. The van der Waals surface area contributed by atoms with Crippen LogP contribution in [0.25, 0.3) is 0 Å². The lowest BCUT2D eigenvalue weighted by Crippen LogP contribution is -2.32. The molecular formula is C13H21BFNO2S. The predicted octanol–water partition coefficient (Wildman–Crippen LogP) is 1.08. The summed E-state index contributed by atoms with van der Waals surface area (Å²) in [4.78, 5) is 2.14. The van der Waals surface area contributed by atoms with E-state index in [-0.39, 0.29) is 5.46 Å². The van der Waals surface area contributed by atoms with Gasteiger partial charge in [-0.3, -0.25) is 4.90 Å². The van der Waals surface area contributed by atoms with Gasteiger partial charge in [0.1, 0.15) is 5.82 Å². The molecule has 0 aliphatic heterocycles. The van der Waals surface area contributed by atoms with E-state index in [1.54, 1.807) is 6.07 Å². The van der Waals surface area contributed by atoms with Crippen molar-refractivity contribution in [3.05, 3.63) is 29.6 Å². The van der Waals surface area contributed by atoms with Crippen molar-refractivity contribution in [3.63, 3.8) is 0 Å². The predicted molar refractivity (Wildman–Crippen MR) is 80.2 cm³/mol. The van der Waals surface area contributed by atoms with Gasteiger partial charge in [-0.05, 0) is 55.6 Å². The number of rotatable bonds is 7. The largest absolute Gasteiger partial charge is 0.488 e. The summed E-state index contributed by atoms with van der Waals surface area (Å²) >= 11 is 1.81. The third kappa shape index (κ3) is 5.52. The van der Waals surface area contributed by atoms with Crippen molar-refractivity contribution in [1.29, 1.82) is 0 Å². The first-order valence-corrected chi connectivity index (χ1v) is 7.68. The van der Waals surface area contributed by atoms with Gasteiger partial charge in [0.05, 0.1) is 0 Å². The lowest BCUT2D eigenvalue weighted by atomic mass is 9.79. The molecule has 1 aromatic carbocycles. The van der Waals surface area contributed by atoms with E-state index in [4.69, 9.17) is 10.0 Å². The standard InChI is InChI=1S/C13H21BFNO2S/c1-10(4-5-19-3)16(2)9-11-6-12(14(17)18)8-13(15)7-11/h6-8,10,17-18H,4-5,9H2,1-3H3. The van der Waals surface area contributed by atoms with Crippen LogP contribution in [-0.4, -0.2) is 47.2 Å². The first kappa shape index (κ1) is 16.5. The molecule has 1 aromatic rings. The zero-order valence-electron chi connectivity index (χ0n) is 11.6. The zero-order valence-corrected chi connectivity index (χ0v) is 12.5. The van der Waals surface area contributed by atoms with E-state index in [9.17, 15) is 4.39 Å². The van der Waals surface area contributed by atoms with Crippen molar-refractivity contribution in [3.8, 4) is 0 Å². The van der Waals surface area contributed by atoms with E-state index in [1.165, 1.54) is 6.07 Å². The maximum Gasteiger partial charge on any atom is 0.488 e. The van der Waals surface area contributed by atoms with Crippen LogP contribution in [0.1, 0.15) is 18.9 Å². The molecule has 1 atom stereocenters. The quantitative estimate of drug-likeness (QED) is 0.736. The number of hydrogen-bond donors (Lipinski definition) is 2. The van der Waals surface area contributed by atoms with E-state index in [0.29, 0.717) is 12.6 Å². The monoisotopic (exact) mass is 285 g/mol. The first-order valence-electron chi connectivity index (χ1n) is 6.28. The van der Waals surface area contributed by atoms with Crippen LogP contribution in [0.5, 0.6) is 0 Å². The van der Waals surface area contributed by atoms with Gasteiger partial charge in [0, 0.05) is 12.6 Å². The van der Waals surface area contributed by atoms with Crippen LogP contribution in [0.2, 0.25) is 0 Å². The zero-order chi connectivity index (χ0) is 14.4. The Kier molecular flexibility index (Phi) is 6.86. The van der Waals surface area contributed by atoms with Crippen LogP contribution >= 0.6 is 11.8 Å². The third-order valence-electron chi connectivity index (χ3n) is 3.20. The molecule has 0 radical (unpaired) electrons. The van der Waals surface area contributed by atoms with Gasteiger partial charge in [-0.2, -0.15) is 11.8 Å².